The third kappa shape index (κ3) is 5.49. The molecule has 0 fully saturated rings. The van der Waals surface area contributed by atoms with Gasteiger partial charge in [0.1, 0.15) is 0 Å². The Morgan fingerprint density at radius 1 is 1.27 bits per heavy atom. The lowest BCUT2D eigenvalue weighted by Crippen LogP contribution is -1.88. The molecule has 2 unspecified atom stereocenters. The minimum absolute atomic E-state index is 0.0755. The van der Waals surface area contributed by atoms with Crippen molar-refractivity contribution < 1.29 is 0 Å². The number of hydrogen-bond donors (Lipinski definition) is 0. The molecule has 0 aromatic rings. The van der Waals surface area contributed by atoms with Crippen molar-refractivity contribution in [2.45, 2.75) is 33.6 Å². The highest BCUT2D eigenvalue weighted by atomic mass is 14.2. The van der Waals surface area contributed by atoms with Crippen molar-refractivity contribution in [3.63, 3.8) is 0 Å². The summed E-state index contributed by atoms with van der Waals surface area (Å²) < 4.78 is 0. The lowest BCUT2D eigenvalue weighted by Gasteiger charge is -1.95. The lowest BCUT2D eigenvalue weighted by molar-refractivity contribution is 0.717. The molecule has 2 atom stereocenters. The lowest BCUT2D eigenvalue weighted by atomic mass is 10.1. The Labute approximate surface area is 69.4 Å². The van der Waals surface area contributed by atoms with Crippen LogP contribution in [-0.4, -0.2) is 0 Å². The first-order valence-corrected chi connectivity index (χ1v) is 4.08. The van der Waals surface area contributed by atoms with Crippen molar-refractivity contribution in [3.05, 3.63) is 0 Å². The van der Waals surface area contributed by atoms with Gasteiger partial charge < -0.3 is 0 Å². The summed E-state index contributed by atoms with van der Waals surface area (Å²) in [5.41, 5.74) is 0. The number of hydrogen-bond acceptors (Lipinski definition) is 1. The van der Waals surface area contributed by atoms with Crippen molar-refractivity contribution >= 4 is 0 Å². The monoisotopic (exact) mass is 149 g/mol. The maximum absolute atomic E-state index is 8.44. The van der Waals surface area contributed by atoms with Gasteiger partial charge in [0.2, 0.25) is 0 Å². The number of nitrogens with zero attached hydrogens (tertiary/aromatic N) is 1. The van der Waals surface area contributed by atoms with Crippen LogP contribution in [0.1, 0.15) is 33.6 Å². The Kier molecular flexibility index (Phi) is 5.30. The van der Waals surface area contributed by atoms with E-state index in [9.17, 15) is 0 Å². The zero-order chi connectivity index (χ0) is 8.69. The van der Waals surface area contributed by atoms with E-state index in [2.05, 4.69) is 31.8 Å². The second-order valence-electron chi connectivity index (χ2n) is 2.86. The molecular formula is C10H15N. The first-order valence-electron chi connectivity index (χ1n) is 4.08. The third-order valence-electron chi connectivity index (χ3n) is 1.59. The van der Waals surface area contributed by atoms with Crippen LogP contribution in [0.2, 0.25) is 0 Å². The van der Waals surface area contributed by atoms with Gasteiger partial charge in [-0.1, -0.05) is 13.8 Å². The van der Waals surface area contributed by atoms with Crippen LogP contribution in [-0.2, 0) is 0 Å². The Hall–Kier alpha value is -0.950. The van der Waals surface area contributed by atoms with E-state index in [4.69, 9.17) is 5.26 Å². The van der Waals surface area contributed by atoms with Crippen molar-refractivity contribution in [2.75, 3.05) is 0 Å². The maximum Gasteiger partial charge on any atom is 0.0662 e. The molecule has 0 aliphatic carbocycles. The fourth-order valence-corrected chi connectivity index (χ4v) is 0.534. The van der Waals surface area contributed by atoms with Crippen LogP contribution in [0.15, 0.2) is 0 Å². The molecule has 0 radical (unpaired) electrons. The summed E-state index contributed by atoms with van der Waals surface area (Å²) in [7, 11) is 0. The van der Waals surface area contributed by atoms with Gasteiger partial charge in [-0.2, -0.15) is 5.26 Å². The van der Waals surface area contributed by atoms with Gasteiger partial charge in [0, 0.05) is 12.3 Å². The zero-order valence-electron chi connectivity index (χ0n) is 7.52. The molecule has 0 N–H and O–H groups in total. The van der Waals surface area contributed by atoms with Crippen molar-refractivity contribution in [3.8, 4) is 17.9 Å². The molecule has 0 aliphatic heterocycles. The third-order valence-corrected chi connectivity index (χ3v) is 1.59. The molecule has 0 saturated heterocycles. The molecule has 0 aliphatic rings. The molecule has 0 heterocycles. The van der Waals surface area contributed by atoms with Gasteiger partial charge in [0.15, 0.2) is 0 Å². The highest BCUT2D eigenvalue weighted by Crippen LogP contribution is 2.00. The van der Waals surface area contributed by atoms with Gasteiger partial charge in [0.05, 0.1) is 12.0 Å². The van der Waals surface area contributed by atoms with Gasteiger partial charge in [-0.05, 0) is 13.3 Å². The van der Waals surface area contributed by atoms with Gasteiger partial charge >= 0.3 is 0 Å². The van der Waals surface area contributed by atoms with Crippen molar-refractivity contribution in [1.29, 1.82) is 5.26 Å². The summed E-state index contributed by atoms with van der Waals surface area (Å²) in [5.74, 6) is 6.66. The van der Waals surface area contributed by atoms with Crippen LogP contribution in [0.5, 0.6) is 0 Å². The van der Waals surface area contributed by atoms with Crippen LogP contribution in [0.3, 0.4) is 0 Å². The summed E-state index contributed by atoms with van der Waals surface area (Å²) in [6.45, 7) is 6.11. The SMILES string of the molecule is CCC(C)C#CCC(C)C#N. The molecule has 60 valence electrons. The minimum Gasteiger partial charge on any atom is -0.198 e. The van der Waals surface area contributed by atoms with Gasteiger partial charge in [-0.15, -0.1) is 11.8 Å². The first-order chi connectivity index (χ1) is 5.20. The molecular weight excluding hydrogens is 134 g/mol. The highest BCUT2D eigenvalue weighted by Gasteiger charge is 1.94. The molecule has 0 aromatic carbocycles. The summed E-state index contributed by atoms with van der Waals surface area (Å²) >= 11 is 0. The quantitative estimate of drug-likeness (QED) is 0.553. The van der Waals surface area contributed by atoms with E-state index in [1.807, 2.05) is 6.92 Å². The summed E-state index contributed by atoms with van der Waals surface area (Å²) in [4.78, 5) is 0. The second-order valence-corrected chi connectivity index (χ2v) is 2.86. The normalized spacial score (nSPS) is 14.0. The van der Waals surface area contributed by atoms with E-state index in [1.54, 1.807) is 0 Å². The zero-order valence-corrected chi connectivity index (χ0v) is 7.52. The first kappa shape index (κ1) is 10.0. The fraction of sp³-hybridized carbons (Fsp3) is 0.700. The molecule has 0 spiro atoms. The average Bonchev–Trinajstić information content (AvgIpc) is 2.04. The topological polar surface area (TPSA) is 23.8 Å². The van der Waals surface area contributed by atoms with Crippen LogP contribution >= 0.6 is 0 Å². The maximum atomic E-state index is 8.44. The van der Waals surface area contributed by atoms with E-state index in [-0.39, 0.29) is 5.92 Å². The van der Waals surface area contributed by atoms with E-state index >= 15 is 0 Å². The van der Waals surface area contributed by atoms with Gasteiger partial charge in [-0.25, -0.2) is 0 Å². The molecule has 11 heavy (non-hydrogen) atoms. The van der Waals surface area contributed by atoms with Crippen LogP contribution in [0.25, 0.3) is 0 Å². The Balaban J connectivity index is 3.65. The number of rotatable bonds is 2. The Morgan fingerprint density at radius 2 is 1.91 bits per heavy atom. The van der Waals surface area contributed by atoms with E-state index in [1.165, 1.54) is 0 Å². The van der Waals surface area contributed by atoms with Gasteiger partial charge in [0.25, 0.3) is 0 Å². The van der Waals surface area contributed by atoms with E-state index in [0.29, 0.717) is 12.3 Å². The molecule has 0 amide bonds. The Bertz CT molecular complexity index is 189. The minimum atomic E-state index is 0.0755. The van der Waals surface area contributed by atoms with Crippen LogP contribution in [0.4, 0.5) is 0 Å². The standard InChI is InChI=1S/C10H15N/c1-4-9(2)6-5-7-10(3)8-11/h9-10H,4,7H2,1-3H3. The fourth-order valence-electron chi connectivity index (χ4n) is 0.534. The smallest absolute Gasteiger partial charge is 0.0662 e. The highest BCUT2D eigenvalue weighted by molar-refractivity contribution is 5.04. The molecule has 0 aromatic heterocycles. The van der Waals surface area contributed by atoms with Crippen molar-refractivity contribution in [1.82, 2.24) is 0 Å². The molecule has 1 heteroatoms. The molecule has 0 saturated carbocycles. The predicted octanol–water partition coefficient (Wildman–Crippen LogP) is 2.59. The Morgan fingerprint density at radius 3 is 2.36 bits per heavy atom. The van der Waals surface area contributed by atoms with Crippen LogP contribution < -0.4 is 0 Å². The number of nitriles is 1. The second kappa shape index (κ2) is 5.81. The summed E-state index contributed by atoms with van der Waals surface area (Å²) in [6, 6.07) is 2.15. The largest absolute Gasteiger partial charge is 0.198 e. The van der Waals surface area contributed by atoms with E-state index in [0.717, 1.165) is 6.42 Å². The molecule has 0 bridgehead atoms. The molecule has 1 nitrogen and oxygen atoms in total. The summed E-state index contributed by atoms with van der Waals surface area (Å²) in [6.07, 6.45) is 1.80. The average molecular weight is 149 g/mol. The molecule has 0 rings (SSSR count). The van der Waals surface area contributed by atoms with Gasteiger partial charge in [-0.3, -0.25) is 0 Å². The van der Waals surface area contributed by atoms with E-state index < -0.39 is 0 Å². The summed E-state index contributed by atoms with van der Waals surface area (Å²) in [5, 5.41) is 8.44. The predicted molar refractivity (Wildman–Crippen MR) is 46.6 cm³/mol. The van der Waals surface area contributed by atoms with Crippen molar-refractivity contribution in [2.24, 2.45) is 11.8 Å². The van der Waals surface area contributed by atoms with Crippen LogP contribution in [0, 0.1) is 35.0 Å².